The molecule has 0 spiro atoms. The normalized spacial score (nSPS) is 10.8. The molecule has 3 aromatic rings. The fraction of sp³-hybridized carbons (Fsp3) is 0. The zero-order chi connectivity index (χ0) is 12.5. The Morgan fingerprint density at radius 2 is 1.72 bits per heavy atom. The number of halogens is 2. The zero-order valence-electron chi connectivity index (χ0n) is 9.19. The number of hydrogen-bond acceptors (Lipinski definition) is 2. The van der Waals surface area contributed by atoms with Crippen LogP contribution in [-0.2, 0) is 0 Å². The van der Waals surface area contributed by atoms with E-state index in [1.165, 1.54) is 23.5 Å². The summed E-state index contributed by atoms with van der Waals surface area (Å²) in [6, 6.07) is 13.7. The first-order chi connectivity index (χ1) is 8.74. The van der Waals surface area contributed by atoms with Gasteiger partial charge in [-0.25, -0.2) is 4.39 Å². The van der Waals surface area contributed by atoms with Gasteiger partial charge in [0.2, 0.25) is 5.06 Å². The molecular weight excluding hydrogens is 271 g/mol. The molecule has 0 N–H and O–H groups in total. The third-order valence-electron chi connectivity index (χ3n) is 2.53. The number of thiophene rings is 1. The molecule has 90 valence electrons. The van der Waals surface area contributed by atoms with Crippen LogP contribution in [0.15, 0.2) is 48.5 Å². The lowest BCUT2D eigenvalue weighted by Gasteiger charge is -2.02. The quantitative estimate of drug-likeness (QED) is 0.602. The first-order valence-electron chi connectivity index (χ1n) is 5.34. The third-order valence-corrected chi connectivity index (χ3v) is 4.07. The molecule has 0 bridgehead atoms. The van der Waals surface area contributed by atoms with Crippen LogP contribution in [0.4, 0.5) is 4.39 Å². The van der Waals surface area contributed by atoms with E-state index in [9.17, 15) is 4.39 Å². The van der Waals surface area contributed by atoms with Gasteiger partial charge in [0.25, 0.3) is 0 Å². The Morgan fingerprint density at radius 1 is 1.00 bits per heavy atom. The van der Waals surface area contributed by atoms with Gasteiger partial charge >= 0.3 is 0 Å². The molecule has 0 atom stereocenters. The van der Waals surface area contributed by atoms with Crippen molar-refractivity contribution in [3.05, 3.63) is 59.4 Å². The van der Waals surface area contributed by atoms with Crippen LogP contribution in [0.2, 0.25) is 5.02 Å². The maximum Gasteiger partial charge on any atom is 0.200 e. The lowest BCUT2D eigenvalue weighted by Crippen LogP contribution is -1.81. The molecule has 1 aromatic heterocycles. The van der Waals surface area contributed by atoms with E-state index < -0.39 is 0 Å². The van der Waals surface area contributed by atoms with Crippen LogP contribution < -0.4 is 4.74 Å². The van der Waals surface area contributed by atoms with Crippen molar-refractivity contribution in [1.82, 2.24) is 0 Å². The van der Waals surface area contributed by atoms with E-state index in [1.54, 1.807) is 12.1 Å². The predicted molar refractivity (Wildman–Crippen MR) is 73.3 cm³/mol. The number of rotatable bonds is 2. The fourth-order valence-corrected chi connectivity index (χ4v) is 3.01. The minimum absolute atomic E-state index is 0.287. The average molecular weight is 279 g/mol. The molecule has 1 nitrogen and oxygen atoms in total. The largest absolute Gasteiger partial charge is 0.445 e. The van der Waals surface area contributed by atoms with Gasteiger partial charge in [-0.2, -0.15) is 0 Å². The molecule has 0 unspecified atom stereocenters. The molecule has 0 amide bonds. The Balaban J connectivity index is 1.99. The monoisotopic (exact) mass is 278 g/mol. The molecule has 0 aliphatic heterocycles. The SMILES string of the molecule is Fc1ccc(Oc2sc3ccccc3c2Cl)cc1. The second-order valence-corrected chi connectivity index (χ2v) is 5.15. The van der Waals surface area contributed by atoms with E-state index in [4.69, 9.17) is 16.3 Å². The summed E-state index contributed by atoms with van der Waals surface area (Å²) in [6.07, 6.45) is 0. The average Bonchev–Trinajstić information content (AvgIpc) is 2.70. The van der Waals surface area contributed by atoms with E-state index in [-0.39, 0.29) is 5.82 Å². The molecular formula is C14H8ClFOS. The van der Waals surface area contributed by atoms with Crippen molar-refractivity contribution in [3.63, 3.8) is 0 Å². The number of benzene rings is 2. The van der Waals surface area contributed by atoms with Crippen molar-refractivity contribution in [2.24, 2.45) is 0 Å². The minimum Gasteiger partial charge on any atom is -0.445 e. The zero-order valence-corrected chi connectivity index (χ0v) is 10.8. The molecule has 0 radical (unpaired) electrons. The fourth-order valence-electron chi connectivity index (χ4n) is 1.67. The number of ether oxygens (including phenoxy) is 1. The number of fused-ring (bicyclic) bond motifs is 1. The second kappa shape index (κ2) is 4.59. The Labute approximate surface area is 112 Å². The molecule has 0 aliphatic rings. The first kappa shape index (κ1) is 11.5. The highest BCUT2D eigenvalue weighted by atomic mass is 35.5. The van der Waals surface area contributed by atoms with Crippen molar-refractivity contribution in [3.8, 4) is 10.8 Å². The van der Waals surface area contributed by atoms with E-state index in [0.717, 1.165) is 10.1 Å². The highest BCUT2D eigenvalue weighted by molar-refractivity contribution is 7.21. The molecule has 0 fully saturated rings. The Morgan fingerprint density at radius 3 is 2.44 bits per heavy atom. The molecule has 0 saturated carbocycles. The minimum atomic E-state index is -0.287. The predicted octanol–water partition coefficient (Wildman–Crippen LogP) is 5.49. The molecule has 0 aliphatic carbocycles. The van der Waals surface area contributed by atoms with Gasteiger partial charge in [0.1, 0.15) is 16.6 Å². The van der Waals surface area contributed by atoms with Gasteiger partial charge in [-0.15, -0.1) is 0 Å². The van der Waals surface area contributed by atoms with Crippen LogP contribution in [0, 0.1) is 5.82 Å². The van der Waals surface area contributed by atoms with Crippen molar-refractivity contribution in [2.45, 2.75) is 0 Å². The number of hydrogen-bond donors (Lipinski definition) is 0. The summed E-state index contributed by atoms with van der Waals surface area (Å²) < 4.78 is 19.5. The highest BCUT2D eigenvalue weighted by Gasteiger charge is 2.11. The topological polar surface area (TPSA) is 9.23 Å². The highest BCUT2D eigenvalue weighted by Crippen LogP contribution is 2.43. The molecule has 1 heterocycles. The van der Waals surface area contributed by atoms with E-state index >= 15 is 0 Å². The van der Waals surface area contributed by atoms with Crippen LogP contribution in [0.3, 0.4) is 0 Å². The lowest BCUT2D eigenvalue weighted by atomic mass is 10.3. The molecule has 2 aromatic carbocycles. The van der Waals surface area contributed by atoms with Crippen LogP contribution in [0.25, 0.3) is 10.1 Å². The van der Waals surface area contributed by atoms with Gasteiger partial charge in [-0.3, -0.25) is 0 Å². The summed E-state index contributed by atoms with van der Waals surface area (Å²) >= 11 is 7.72. The van der Waals surface area contributed by atoms with Crippen LogP contribution in [-0.4, -0.2) is 0 Å². The summed E-state index contributed by atoms with van der Waals surface area (Å²) in [6.45, 7) is 0. The first-order valence-corrected chi connectivity index (χ1v) is 6.54. The Bertz CT molecular complexity index is 691. The smallest absolute Gasteiger partial charge is 0.200 e. The lowest BCUT2D eigenvalue weighted by molar-refractivity contribution is 0.495. The van der Waals surface area contributed by atoms with Gasteiger partial charge in [0.05, 0.1) is 0 Å². The van der Waals surface area contributed by atoms with Crippen molar-refractivity contribution in [2.75, 3.05) is 0 Å². The third kappa shape index (κ3) is 2.07. The van der Waals surface area contributed by atoms with E-state index in [0.29, 0.717) is 15.8 Å². The van der Waals surface area contributed by atoms with Crippen molar-refractivity contribution >= 4 is 33.0 Å². The van der Waals surface area contributed by atoms with Gasteiger partial charge in [-0.1, -0.05) is 41.1 Å². The summed E-state index contributed by atoms with van der Waals surface area (Å²) in [5, 5.41) is 2.20. The summed E-state index contributed by atoms with van der Waals surface area (Å²) in [5.74, 6) is 0.287. The summed E-state index contributed by atoms with van der Waals surface area (Å²) in [4.78, 5) is 0. The molecule has 4 heteroatoms. The van der Waals surface area contributed by atoms with Crippen LogP contribution >= 0.6 is 22.9 Å². The Kier molecular flexibility index (Phi) is 2.94. The van der Waals surface area contributed by atoms with Crippen molar-refractivity contribution < 1.29 is 9.13 Å². The van der Waals surface area contributed by atoms with E-state index in [1.807, 2.05) is 24.3 Å². The van der Waals surface area contributed by atoms with Gasteiger partial charge in [0, 0.05) is 10.1 Å². The molecule has 0 saturated heterocycles. The maximum atomic E-state index is 12.8. The van der Waals surface area contributed by atoms with Gasteiger partial charge < -0.3 is 4.74 Å². The molecule has 3 rings (SSSR count). The maximum absolute atomic E-state index is 12.8. The second-order valence-electron chi connectivity index (χ2n) is 3.76. The van der Waals surface area contributed by atoms with Gasteiger partial charge in [0.15, 0.2) is 0 Å². The van der Waals surface area contributed by atoms with Crippen LogP contribution in [0.5, 0.6) is 10.8 Å². The standard InChI is InChI=1S/C14H8ClFOS/c15-13-11-3-1-2-4-12(11)18-14(13)17-10-7-5-9(16)6-8-10/h1-8H. The molecule has 18 heavy (non-hydrogen) atoms. The van der Waals surface area contributed by atoms with Crippen LogP contribution in [0.1, 0.15) is 0 Å². The van der Waals surface area contributed by atoms with Crippen molar-refractivity contribution in [1.29, 1.82) is 0 Å². The van der Waals surface area contributed by atoms with Gasteiger partial charge in [-0.05, 0) is 30.3 Å². The Hall–Kier alpha value is -1.58. The summed E-state index contributed by atoms with van der Waals surface area (Å²) in [7, 11) is 0. The summed E-state index contributed by atoms with van der Waals surface area (Å²) in [5.41, 5.74) is 0. The van der Waals surface area contributed by atoms with E-state index in [2.05, 4.69) is 0 Å².